The molecule has 10 heteroatoms. The molecule has 0 aliphatic heterocycles. The van der Waals surface area contributed by atoms with Gasteiger partial charge in [0.05, 0.1) is 0 Å². The number of phosphoric acid groups is 2. The zero-order chi connectivity index (χ0) is 28.3. The lowest BCUT2D eigenvalue weighted by Gasteiger charge is -2.26. The van der Waals surface area contributed by atoms with E-state index in [-0.39, 0.29) is 23.0 Å². The van der Waals surface area contributed by atoms with Crippen LogP contribution in [0.3, 0.4) is 0 Å². The molecular weight excluding hydrogens is 538 g/mol. The highest BCUT2D eigenvalue weighted by atomic mass is 31.2. The quantitative estimate of drug-likeness (QED) is 0.187. The number of aryl methyl sites for hydroxylation is 2. The van der Waals surface area contributed by atoms with Crippen molar-refractivity contribution >= 4 is 15.6 Å². The van der Waals surface area contributed by atoms with Crippen LogP contribution < -0.4 is 18.1 Å². The first-order valence-corrected chi connectivity index (χ1v) is 15.1. The Morgan fingerprint density at radius 1 is 0.538 bits per heavy atom. The monoisotopic (exact) mass is 568 g/mol. The highest BCUT2D eigenvalue weighted by Crippen LogP contribution is 2.47. The number of benzene rings is 4. The zero-order valence-corrected chi connectivity index (χ0v) is 23.8. The first kappa shape index (κ1) is 28.5. The fourth-order valence-electron chi connectivity index (χ4n) is 3.90. The third-order valence-corrected chi connectivity index (χ3v) is 7.95. The van der Waals surface area contributed by atoms with Crippen LogP contribution in [0.25, 0.3) is 0 Å². The molecule has 8 nitrogen and oxygen atoms in total. The molecule has 0 aromatic heterocycles. The lowest BCUT2D eigenvalue weighted by atomic mass is 9.78. The summed E-state index contributed by atoms with van der Waals surface area (Å²) in [5.74, 6) is 0.913. The first-order chi connectivity index (χ1) is 18.3. The standard InChI is InChI=1S/C29H30O8P2/c1-21-9-5-7-11-27(21)36-38(30,31)34-25-17-13-23(14-18-25)29(3,4)24-15-19-26(20-16-24)35-39(32,33)37-28-12-8-6-10-22(28)2/h5-20H,1-4H3,(H,30,31)(H,32,33). The number of hydrogen-bond donors (Lipinski definition) is 2. The predicted molar refractivity (Wildman–Crippen MR) is 150 cm³/mol. The molecule has 0 fully saturated rings. The molecule has 0 bridgehead atoms. The average molecular weight is 568 g/mol. The molecule has 0 radical (unpaired) electrons. The molecule has 4 rings (SSSR count). The van der Waals surface area contributed by atoms with E-state index < -0.39 is 21.1 Å². The summed E-state index contributed by atoms with van der Waals surface area (Å²) in [6, 6.07) is 27.4. The van der Waals surface area contributed by atoms with Crippen LogP contribution in [0.4, 0.5) is 0 Å². The van der Waals surface area contributed by atoms with Crippen LogP contribution in [0.2, 0.25) is 0 Å². The van der Waals surface area contributed by atoms with Crippen LogP contribution in [0.5, 0.6) is 23.0 Å². The summed E-state index contributed by atoms with van der Waals surface area (Å²) in [6.07, 6.45) is 0. The van der Waals surface area contributed by atoms with Crippen LogP contribution in [0.15, 0.2) is 97.1 Å². The molecule has 0 saturated heterocycles. The van der Waals surface area contributed by atoms with Gasteiger partial charge in [0, 0.05) is 5.41 Å². The van der Waals surface area contributed by atoms with Gasteiger partial charge < -0.3 is 18.1 Å². The van der Waals surface area contributed by atoms with Gasteiger partial charge in [-0.25, -0.2) is 9.13 Å². The lowest BCUT2D eigenvalue weighted by molar-refractivity contribution is 0.288. The maximum absolute atomic E-state index is 12.5. The van der Waals surface area contributed by atoms with Crippen molar-refractivity contribution in [1.29, 1.82) is 0 Å². The van der Waals surface area contributed by atoms with Crippen molar-refractivity contribution in [2.75, 3.05) is 0 Å². The fourth-order valence-corrected chi connectivity index (χ4v) is 5.66. The van der Waals surface area contributed by atoms with E-state index in [1.165, 1.54) is 0 Å². The van der Waals surface area contributed by atoms with E-state index in [1.54, 1.807) is 111 Å². The molecule has 39 heavy (non-hydrogen) atoms. The predicted octanol–water partition coefficient (Wildman–Crippen LogP) is 7.75. The van der Waals surface area contributed by atoms with Gasteiger partial charge in [-0.2, -0.15) is 0 Å². The molecule has 4 aromatic carbocycles. The maximum Gasteiger partial charge on any atom is 0.584 e. The maximum atomic E-state index is 12.5. The van der Waals surface area contributed by atoms with Crippen molar-refractivity contribution in [3.05, 3.63) is 119 Å². The van der Waals surface area contributed by atoms with Crippen LogP contribution >= 0.6 is 15.6 Å². The highest BCUT2D eigenvalue weighted by Gasteiger charge is 2.29. The van der Waals surface area contributed by atoms with Gasteiger partial charge in [0.2, 0.25) is 0 Å². The summed E-state index contributed by atoms with van der Waals surface area (Å²) in [4.78, 5) is 20.4. The molecule has 4 aromatic rings. The van der Waals surface area contributed by atoms with E-state index in [0.717, 1.165) is 11.1 Å². The van der Waals surface area contributed by atoms with Gasteiger partial charge in [0.15, 0.2) is 0 Å². The van der Waals surface area contributed by atoms with Crippen molar-refractivity contribution in [1.82, 2.24) is 0 Å². The third kappa shape index (κ3) is 7.31. The van der Waals surface area contributed by atoms with Crippen molar-refractivity contribution in [2.24, 2.45) is 0 Å². The second kappa shape index (κ2) is 11.3. The fraction of sp³-hybridized carbons (Fsp3) is 0.172. The molecule has 0 aliphatic rings. The summed E-state index contributed by atoms with van der Waals surface area (Å²) in [6.45, 7) is 7.56. The second-order valence-electron chi connectivity index (χ2n) is 9.51. The average Bonchev–Trinajstić information content (AvgIpc) is 2.87. The van der Waals surface area contributed by atoms with E-state index in [9.17, 15) is 18.9 Å². The van der Waals surface area contributed by atoms with E-state index in [1.807, 2.05) is 13.8 Å². The molecule has 0 heterocycles. The summed E-state index contributed by atoms with van der Waals surface area (Å²) in [7, 11) is -8.79. The van der Waals surface area contributed by atoms with Crippen molar-refractivity contribution < 1.29 is 37.0 Å². The van der Waals surface area contributed by atoms with Crippen LogP contribution in [0, 0.1) is 13.8 Å². The lowest BCUT2D eigenvalue weighted by Crippen LogP contribution is -2.18. The van der Waals surface area contributed by atoms with Crippen LogP contribution in [-0.2, 0) is 14.5 Å². The smallest absolute Gasteiger partial charge is 0.395 e. The Hall–Kier alpha value is -3.54. The van der Waals surface area contributed by atoms with Crippen molar-refractivity contribution in [3.63, 3.8) is 0 Å². The van der Waals surface area contributed by atoms with Crippen LogP contribution in [0.1, 0.15) is 36.1 Å². The Balaban J connectivity index is 1.42. The second-order valence-corrected chi connectivity index (χ2v) is 12.1. The Morgan fingerprint density at radius 2 is 0.872 bits per heavy atom. The number of hydrogen-bond acceptors (Lipinski definition) is 6. The topological polar surface area (TPSA) is 112 Å². The van der Waals surface area contributed by atoms with Gasteiger partial charge in [-0.05, 0) is 72.5 Å². The molecule has 0 saturated carbocycles. The Bertz CT molecular complexity index is 1420. The molecule has 2 unspecified atom stereocenters. The minimum Gasteiger partial charge on any atom is -0.395 e. The van der Waals surface area contributed by atoms with Gasteiger partial charge in [0.25, 0.3) is 0 Å². The van der Waals surface area contributed by atoms with E-state index in [0.29, 0.717) is 11.1 Å². The molecule has 0 spiro atoms. The highest BCUT2D eigenvalue weighted by molar-refractivity contribution is 7.48. The summed E-state index contributed by atoms with van der Waals surface area (Å²) >= 11 is 0. The van der Waals surface area contributed by atoms with Gasteiger partial charge in [-0.3, -0.25) is 9.79 Å². The Labute approximate surface area is 228 Å². The molecule has 2 atom stereocenters. The third-order valence-electron chi connectivity index (χ3n) is 6.21. The summed E-state index contributed by atoms with van der Waals surface area (Å²) in [5.41, 5.74) is 2.77. The molecule has 2 N–H and O–H groups in total. The Kier molecular flexibility index (Phi) is 8.24. The molecule has 0 amide bonds. The van der Waals surface area contributed by atoms with Gasteiger partial charge in [-0.15, -0.1) is 0 Å². The van der Waals surface area contributed by atoms with Gasteiger partial charge in [0.1, 0.15) is 23.0 Å². The zero-order valence-electron chi connectivity index (χ0n) is 22.0. The number of para-hydroxylation sites is 2. The normalized spacial score (nSPS) is 14.5. The van der Waals surface area contributed by atoms with Crippen molar-refractivity contribution in [3.8, 4) is 23.0 Å². The number of rotatable bonds is 10. The minimum atomic E-state index is -4.39. The Morgan fingerprint density at radius 3 is 1.21 bits per heavy atom. The van der Waals surface area contributed by atoms with Gasteiger partial charge >= 0.3 is 15.6 Å². The summed E-state index contributed by atoms with van der Waals surface area (Å²) < 4.78 is 46.0. The van der Waals surface area contributed by atoms with E-state index >= 15 is 0 Å². The van der Waals surface area contributed by atoms with Gasteiger partial charge in [-0.1, -0.05) is 74.5 Å². The molecule has 204 valence electrons. The molecular formula is C29H30O8P2. The summed E-state index contributed by atoms with van der Waals surface area (Å²) in [5, 5.41) is 0. The minimum absolute atomic E-state index is 0.185. The van der Waals surface area contributed by atoms with Crippen molar-refractivity contribution in [2.45, 2.75) is 33.1 Å². The SMILES string of the molecule is Cc1ccccc1OP(=O)(O)Oc1ccc(C(C)(C)c2ccc(OP(=O)(O)Oc3ccccc3C)cc2)cc1. The molecule has 0 aliphatic carbocycles. The van der Waals surface area contributed by atoms with E-state index in [4.69, 9.17) is 18.1 Å². The largest absolute Gasteiger partial charge is 0.584 e. The first-order valence-electron chi connectivity index (χ1n) is 12.1. The van der Waals surface area contributed by atoms with Crippen LogP contribution in [-0.4, -0.2) is 9.79 Å². The number of phosphoric ester groups is 2. The van der Waals surface area contributed by atoms with E-state index in [2.05, 4.69) is 0 Å².